The summed E-state index contributed by atoms with van der Waals surface area (Å²) in [5.74, 6) is -0.170. The summed E-state index contributed by atoms with van der Waals surface area (Å²) in [7, 11) is 1.72. The lowest BCUT2D eigenvalue weighted by atomic mass is 9.94. The molecule has 0 heterocycles. The van der Waals surface area contributed by atoms with Gasteiger partial charge in [0.1, 0.15) is 5.82 Å². The highest BCUT2D eigenvalue weighted by Gasteiger charge is 2.22. The van der Waals surface area contributed by atoms with Crippen LogP contribution in [-0.2, 0) is 4.74 Å². The van der Waals surface area contributed by atoms with Crippen LogP contribution in [0.4, 0.5) is 4.39 Å². The molecule has 1 atom stereocenters. The minimum atomic E-state index is -0.186. The predicted molar refractivity (Wildman–Crippen MR) is 85.5 cm³/mol. The third-order valence-corrected chi connectivity index (χ3v) is 4.20. The zero-order chi connectivity index (χ0) is 15.2. The Bertz CT molecular complexity index is 423. The van der Waals surface area contributed by atoms with Gasteiger partial charge in [0.15, 0.2) is 0 Å². The summed E-state index contributed by atoms with van der Waals surface area (Å²) in [6, 6.07) is 5.48. The molecule has 1 N–H and O–H groups in total. The van der Waals surface area contributed by atoms with Gasteiger partial charge in [-0.3, -0.25) is 0 Å². The standard InChI is InChI=1S/C16H25BrFNO/c1-5-11-19-14(9-10-16(2,3)20-4)12-7-6-8-13(17)15(12)18/h6-8,14,19H,5,9-11H2,1-4H3. The summed E-state index contributed by atoms with van der Waals surface area (Å²) >= 11 is 3.26. The summed E-state index contributed by atoms with van der Waals surface area (Å²) in [5.41, 5.74) is 0.536. The molecule has 2 nitrogen and oxygen atoms in total. The van der Waals surface area contributed by atoms with Crippen molar-refractivity contribution in [2.45, 2.75) is 51.7 Å². The molecular weight excluding hydrogens is 321 g/mol. The van der Waals surface area contributed by atoms with E-state index in [-0.39, 0.29) is 17.5 Å². The molecule has 1 aromatic carbocycles. The number of rotatable bonds is 8. The number of nitrogens with one attached hydrogen (secondary N) is 1. The molecule has 0 aromatic heterocycles. The van der Waals surface area contributed by atoms with Crippen LogP contribution >= 0.6 is 15.9 Å². The van der Waals surface area contributed by atoms with Gasteiger partial charge in [-0.15, -0.1) is 0 Å². The maximum absolute atomic E-state index is 14.3. The molecule has 1 rings (SSSR count). The average molecular weight is 346 g/mol. The first-order valence-electron chi connectivity index (χ1n) is 7.13. The Hall–Kier alpha value is -0.450. The van der Waals surface area contributed by atoms with Crippen LogP contribution in [0.2, 0.25) is 0 Å². The van der Waals surface area contributed by atoms with Gasteiger partial charge in [0, 0.05) is 18.7 Å². The molecular formula is C16H25BrFNO. The lowest BCUT2D eigenvalue weighted by molar-refractivity contribution is 0.0116. The van der Waals surface area contributed by atoms with E-state index in [0.717, 1.165) is 31.4 Å². The second-order valence-corrected chi connectivity index (χ2v) is 6.51. The highest BCUT2D eigenvalue weighted by Crippen LogP contribution is 2.29. The third-order valence-electron chi connectivity index (χ3n) is 3.59. The molecule has 4 heteroatoms. The van der Waals surface area contributed by atoms with E-state index >= 15 is 0 Å². The van der Waals surface area contributed by atoms with Crippen molar-refractivity contribution in [1.29, 1.82) is 0 Å². The van der Waals surface area contributed by atoms with Crippen molar-refractivity contribution in [3.05, 3.63) is 34.1 Å². The Morgan fingerprint density at radius 2 is 2.10 bits per heavy atom. The first-order chi connectivity index (χ1) is 9.41. The molecule has 1 unspecified atom stereocenters. The van der Waals surface area contributed by atoms with Gasteiger partial charge in [0.2, 0.25) is 0 Å². The zero-order valence-corrected chi connectivity index (χ0v) is 14.4. The van der Waals surface area contributed by atoms with Crippen LogP contribution < -0.4 is 5.32 Å². The quantitative estimate of drug-likeness (QED) is 0.728. The minimum absolute atomic E-state index is 0.0156. The monoisotopic (exact) mass is 345 g/mol. The second kappa shape index (κ2) is 8.11. The minimum Gasteiger partial charge on any atom is -0.379 e. The lowest BCUT2D eigenvalue weighted by Gasteiger charge is -2.27. The van der Waals surface area contributed by atoms with E-state index in [1.54, 1.807) is 13.2 Å². The Labute approximate surface area is 130 Å². The summed E-state index contributed by atoms with van der Waals surface area (Å²) in [6.45, 7) is 7.10. The molecule has 1 aromatic rings. The van der Waals surface area contributed by atoms with E-state index in [9.17, 15) is 4.39 Å². The smallest absolute Gasteiger partial charge is 0.142 e. The van der Waals surface area contributed by atoms with E-state index in [1.165, 1.54) is 0 Å². The van der Waals surface area contributed by atoms with Gasteiger partial charge < -0.3 is 10.1 Å². The Kier molecular flexibility index (Phi) is 7.13. The molecule has 0 saturated carbocycles. The highest BCUT2D eigenvalue weighted by molar-refractivity contribution is 9.10. The van der Waals surface area contributed by atoms with Crippen LogP contribution in [0.5, 0.6) is 0 Å². The summed E-state index contributed by atoms with van der Waals surface area (Å²) in [5, 5.41) is 3.43. The largest absolute Gasteiger partial charge is 0.379 e. The van der Waals surface area contributed by atoms with E-state index < -0.39 is 0 Å². The Balaban J connectivity index is 2.86. The number of hydrogen-bond acceptors (Lipinski definition) is 2. The van der Waals surface area contributed by atoms with Gasteiger partial charge in [0.05, 0.1) is 10.1 Å². The fourth-order valence-electron chi connectivity index (χ4n) is 2.07. The normalized spacial score (nSPS) is 13.5. The molecule has 0 fully saturated rings. The molecule has 0 aliphatic carbocycles. The van der Waals surface area contributed by atoms with Crippen molar-refractivity contribution in [2.24, 2.45) is 0 Å². The molecule has 0 radical (unpaired) electrons. The molecule has 20 heavy (non-hydrogen) atoms. The van der Waals surface area contributed by atoms with E-state index in [0.29, 0.717) is 4.47 Å². The Morgan fingerprint density at radius 1 is 1.40 bits per heavy atom. The van der Waals surface area contributed by atoms with Crippen molar-refractivity contribution in [3.63, 3.8) is 0 Å². The summed E-state index contributed by atoms with van der Waals surface area (Å²) in [6.07, 6.45) is 2.74. The van der Waals surface area contributed by atoms with Crippen LogP contribution in [0.25, 0.3) is 0 Å². The van der Waals surface area contributed by atoms with Crippen molar-refractivity contribution in [2.75, 3.05) is 13.7 Å². The third kappa shape index (κ3) is 5.15. The zero-order valence-electron chi connectivity index (χ0n) is 12.8. The average Bonchev–Trinajstić information content (AvgIpc) is 2.43. The van der Waals surface area contributed by atoms with Gasteiger partial charge >= 0.3 is 0 Å². The van der Waals surface area contributed by atoms with E-state index in [2.05, 4.69) is 42.0 Å². The lowest BCUT2D eigenvalue weighted by Crippen LogP contribution is -2.28. The Morgan fingerprint density at radius 3 is 2.70 bits per heavy atom. The number of halogens is 2. The van der Waals surface area contributed by atoms with Crippen LogP contribution in [0.3, 0.4) is 0 Å². The first-order valence-corrected chi connectivity index (χ1v) is 7.93. The fourth-order valence-corrected chi connectivity index (χ4v) is 2.45. The van der Waals surface area contributed by atoms with Crippen molar-refractivity contribution < 1.29 is 9.13 Å². The summed E-state index contributed by atoms with van der Waals surface area (Å²) in [4.78, 5) is 0. The van der Waals surface area contributed by atoms with Crippen LogP contribution in [-0.4, -0.2) is 19.3 Å². The second-order valence-electron chi connectivity index (χ2n) is 5.65. The molecule has 0 aliphatic rings. The van der Waals surface area contributed by atoms with Crippen molar-refractivity contribution in [3.8, 4) is 0 Å². The molecule has 0 aliphatic heterocycles. The van der Waals surface area contributed by atoms with E-state index in [1.807, 2.05) is 12.1 Å². The predicted octanol–water partition coefficient (Wildman–Crippen LogP) is 4.83. The topological polar surface area (TPSA) is 21.3 Å². The molecule has 0 saturated heterocycles. The number of benzene rings is 1. The number of hydrogen-bond donors (Lipinski definition) is 1. The fraction of sp³-hybridized carbons (Fsp3) is 0.625. The van der Waals surface area contributed by atoms with Crippen molar-refractivity contribution >= 4 is 15.9 Å². The van der Waals surface area contributed by atoms with Crippen LogP contribution in [0.1, 0.15) is 51.6 Å². The molecule has 0 amide bonds. The number of ether oxygens (including phenoxy) is 1. The first kappa shape index (κ1) is 17.6. The maximum atomic E-state index is 14.3. The van der Waals surface area contributed by atoms with Gasteiger partial charge in [-0.05, 0) is 61.7 Å². The summed E-state index contributed by atoms with van der Waals surface area (Å²) < 4.78 is 20.2. The van der Waals surface area contributed by atoms with Gasteiger partial charge in [-0.2, -0.15) is 0 Å². The SMILES string of the molecule is CCCNC(CCC(C)(C)OC)c1cccc(Br)c1F. The van der Waals surface area contributed by atoms with Crippen LogP contribution in [0, 0.1) is 5.82 Å². The number of methoxy groups -OCH3 is 1. The van der Waals surface area contributed by atoms with E-state index in [4.69, 9.17) is 4.74 Å². The molecule has 0 spiro atoms. The van der Waals surface area contributed by atoms with Crippen molar-refractivity contribution in [1.82, 2.24) is 5.32 Å². The molecule has 114 valence electrons. The maximum Gasteiger partial charge on any atom is 0.142 e. The molecule has 0 bridgehead atoms. The van der Waals surface area contributed by atoms with Crippen LogP contribution in [0.15, 0.2) is 22.7 Å². The van der Waals surface area contributed by atoms with Gasteiger partial charge in [-0.1, -0.05) is 19.1 Å². The highest BCUT2D eigenvalue weighted by atomic mass is 79.9. The van der Waals surface area contributed by atoms with Gasteiger partial charge in [-0.25, -0.2) is 4.39 Å². The van der Waals surface area contributed by atoms with Gasteiger partial charge in [0.25, 0.3) is 0 Å².